The molecule has 1 atom stereocenters. The second kappa shape index (κ2) is 6.35. The highest BCUT2D eigenvalue weighted by Crippen LogP contribution is 2.08. The zero-order chi connectivity index (χ0) is 12.8. The Hall–Kier alpha value is -1.26. The van der Waals surface area contributed by atoms with E-state index in [-0.39, 0.29) is 0 Å². The van der Waals surface area contributed by atoms with Crippen molar-refractivity contribution in [1.82, 2.24) is 5.32 Å². The molecule has 0 aliphatic carbocycles. The maximum Gasteiger partial charge on any atom is 0.408 e. The maximum atomic E-state index is 11.4. The van der Waals surface area contributed by atoms with Crippen LogP contribution in [0.5, 0.6) is 0 Å². The van der Waals surface area contributed by atoms with Crippen LogP contribution in [-0.4, -0.2) is 30.8 Å². The number of hydrogen-bond donors (Lipinski definition) is 1. The minimum atomic E-state index is -0.634. The van der Waals surface area contributed by atoms with Crippen molar-refractivity contribution in [3.05, 3.63) is 0 Å². The molecule has 0 saturated carbocycles. The van der Waals surface area contributed by atoms with Gasteiger partial charge >= 0.3 is 12.1 Å². The third-order valence-corrected chi connectivity index (χ3v) is 1.75. The summed E-state index contributed by atoms with van der Waals surface area (Å²) in [5, 5.41) is 2.49. The van der Waals surface area contributed by atoms with Crippen molar-refractivity contribution >= 4 is 12.1 Å². The quantitative estimate of drug-likeness (QED) is 0.750. The van der Waals surface area contributed by atoms with Crippen molar-refractivity contribution in [3.8, 4) is 0 Å². The molecule has 0 aromatic heterocycles. The first kappa shape index (κ1) is 14.7. The highest BCUT2D eigenvalue weighted by Gasteiger charge is 2.23. The summed E-state index contributed by atoms with van der Waals surface area (Å²) >= 11 is 0. The van der Waals surface area contributed by atoms with E-state index >= 15 is 0 Å². The summed E-state index contributed by atoms with van der Waals surface area (Å²) < 4.78 is 9.64. The molecule has 94 valence electrons. The minimum Gasteiger partial charge on any atom is -0.467 e. The fraction of sp³-hybridized carbons (Fsp3) is 0.818. The van der Waals surface area contributed by atoms with Gasteiger partial charge in [0.25, 0.3) is 0 Å². The van der Waals surface area contributed by atoms with Gasteiger partial charge in [-0.2, -0.15) is 0 Å². The molecule has 0 aliphatic heterocycles. The normalized spacial score (nSPS) is 12.8. The van der Waals surface area contributed by atoms with E-state index in [4.69, 9.17) is 4.74 Å². The third-order valence-electron chi connectivity index (χ3n) is 1.75. The number of amides is 1. The highest BCUT2D eigenvalue weighted by molar-refractivity contribution is 5.81. The van der Waals surface area contributed by atoms with E-state index in [9.17, 15) is 9.59 Å². The minimum absolute atomic E-state index is 0.451. The van der Waals surface area contributed by atoms with Gasteiger partial charge in [0.15, 0.2) is 0 Å². The molecule has 0 aliphatic rings. The molecule has 0 bridgehead atoms. The molecule has 0 saturated heterocycles. The Morgan fingerprint density at radius 2 is 1.88 bits per heavy atom. The Morgan fingerprint density at radius 1 is 1.31 bits per heavy atom. The van der Waals surface area contributed by atoms with Crippen molar-refractivity contribution in [2.45, 2.75) is 52.2 Å². The first-order valence-corrected chi connectivity index (χ1v) is 5.37. The highest BCUT2D eigenvalue weighted by atomic mass is 16.6. The van der Waals surface area contributed by atoms with Crippen LogP contribution in [-0.2, 0) is 14.3 Å². The predicted molar refractivity (Wildman–Crippen MR) is 60.1 cm³/mol. The summed E-state index contributed by atoms with van der Waals surface area (Å²) in [6.45, 7) is 7.21. The Balaban J connectivity index is 4.29. The molecule has 0 heterocycles. The SMILES string of the molecule is CCC[C@H](NC(=O)OC(C)(C)C)C(=O)OC. The van der Waals surface area contributed by atoms with Gasteiger partial charge < -0.3 is 14.8 Å². The lowest BCUT2D eigenvalue weighted by atomic mass is 10.2. The number of nitrogens with one attached hydrogen (secondary N) is 1. The number of alkyl carbamates (subject to hydrolysis) is 1. The van der Waals surface area contributed by atoms with Crippen molar-refractivity contribution in [2.75, 3.05) is 7.11 Å². The largest absolute Gasteiger partial charge is 0.467 e. The van der Waals surface area contributed by atoms with Crippen LogP contribution < -0.4 is 5.32 Å². The van der Waals surface area contributed by atoms with Gasteiger partial charge in [0.05, 0.1) is 7.11 Å². The molecule has 0 unspecified atom stereocenters. The van der Waals surface area contributed by atoms with Gasteiger partial charge in [-0.15, -0.1) is 0 Å². The molecule has 0 spiro atoms. The van der Waals surface area contributed by atoms with E-state index in [0.29, 0.717) is 6.42 Å². The third kappa shape index (κ3) is 6.27. The second-order valence-electron chi connectivity index (χ2n) is 4.51. The van der Waals surface area contributed by atoms with Crippen LogP contribution in [0.25, 0.3) is 0 Å². The van der Waals surface area contributed by atoms with Crippen LogP contribution in [0.15, 0.2) is 0 Å². The van der Waals surface area contributed by atoms with Crippen molar-refractivity contribution in [3.63, 3.8) is 0 Å². The summed E-state index contributed by atoms with van der Waals surface area (Å²) in [6, 6.07) is -0.634. The van der Waals surface area contributed by atoms with Gasteiger partial charge in [-0.05, 0) is 27.2 Å². The molecule has 5 nitrogen and oxygen atoms in total. The molecule has 1 N–H and O–H groups in total. The Morgan fingerprint density at radius 3 is 2.25 bits per heavy atom. The van der Waals surface area contributed by atoms with Crippen LogP contribution in [0.2, 0.25) is 0 Å². The number of methoxy groups -OCH3 is 1. The predicted octanol–water partition coefficient (Wildman–Crippen LogP) is 1.85. The van der Waals surface area contributed by atoms with Gasteiger partial charge in [0.2, 0.25) is 0 Å². The molecule has 0 aromatic rings. The summed E-state index contributed by atoms with van der Waals surface area (Å²) in [6.07, 6.45) is 0.706. The molecule has 0 rings (SSSR count). The molecule has 0 aromatic carbocycles. The Labute approximate surface area is 96.5 Å². The van der Waals surface area contributed by atoms with E-state index in [0.717, 1.165) is 6.42 Å². The zero-order valence-corrected chi connectivity index (χ0v) is 10.6. The van der Waals surface area contributed by atoms with E-state index in [1.165, 1.54) is 7.11 Å². The summed E-state index contributed by atoms with van der Waals surface area (Å²) in [7, 11) is 1.29. The monoisotopic (exact) mass is 231 g/mol. The standard InChI is InChI=1S/C11H21NO4/c1-6-7-8(9(13)15-5)12-10(14)16-11(2,3)4/h8H,6-7H2,1-5H3,(H,12,14)/t8-/m0/s1. The van der Waals surface area contributed by atoms with Crippen molar-refractivity contribution in [1.29, 1.82) is 0 Å². The average molecular weight is 231 g/mol. The molecule has 0 fully saturated rings. The summed E-state index contributed by atoms with van der Waals surface area (Å²) in [4.78, 5) is 22.7. The first-order valence-electron chi connectivity index (χ1n) is 5.37. The van der Waals surface area contributed by atoms with E-state index < -0.39 is 23.7 Å². The number of ether oxygens (including phenoxy) is 2. The lowest BCUT2D eigenvalue weighted by Crippen LogP contribution is -2.43. The zero-order valence-electron chi connectivity index (χ0n) is 10.6. The van der Waals surface area contributed by atoms with E-state index in [1.54, 1.807) is 20.8 Å². The van der Waals surface area contributed by atoms with Gasteiger partial charge in [-0.1, -0.05) is 13.3 Å². The number of carbonyl (C=O) groups excluding carboxylic acids is 2. The van der Waals surface area contributed by atoms with Crippen LogP contribution in [0, 0.1) is 0 Å². The second-order valence-corrected chi connectivity index (χ2v) is 4.51. The topological polar surface area (TPSA) is 64.6 Å². The molecule has 16 heavy (non-hydrogen) atoms. The number of carbonyl (C=O) groups is 2. The fourth-order valence-corrected chi connectivity index (χ4v) is 1.13. The molecular weight excluding hydrogens is 210 g/mol. The Bertz CT molecular complexity index is 245. The maximum absolute atomic E-state index is 11.4. The average Bonchev–Trinajstić information content (AvgIpc) is 2.13. The molecule has 5 heteroatoms. The van der Waals surface area contributed by atoms with Crippen molar-refractivity contribution in [2.24, 2.45) is 0 Å². The van der Waals surface area contributed by atoms with E-state index in [1.807, 2.05) is 6.92 Å². The Kier molecular flexibility index (Phi) is 5.85. The van der Waals surface area contributed by atoms with Crippen LogP contribution >= 0.6 is 0 Å². The van der Waals surface area contributed by atoms with Crippen molar-refractivity contribution < 1.29 is 19.1 Å². The van der Waals surface area contributed by atoms with E-state index in [2.05, 4.69) is 10.1 Å². The summed E-state index contributed by atoms with van der Waals surface area (Å²) in [5.41, 5.74) is -0.572. The molecule has 0 radical (unpaired) electrons. The van der Waals surface area contributed by atoms with Gasteiger partial charge in [0.1, 0.15) is 11.6 Å². The smallest absolute Gasteiger partial charge is 0.408 e. The number of esters is 1. The first-order chi connectivity index (χ1) is 7.30. The molecule has 1 amide bonds. The summed E-state index contributed by atoms with van der Waals surface area (Å²) in [5.74, 6) is -0.451. The van der Waals surface area contributed by atoms with Crippen LogP contribution in [0.3, 0.4) is 0 Å². The molecular formula is C11H21NO4. The fourth-order valence-electron chi connectivity index (χ4n) is 1.13. The van der Waals surface area contributed by atoms with Gasteiger partial charge in [0, 0.05) is 0 Å². The van der Waals surface area contributed by atoms with Gasteiger partial charge in [-0.3, -0.25) is 0 Å². The lowest BCUT2D eigenvalue weighted by Gasteiger charge is -2.22. The number of rotatable bonds is 4. The van der Waals surface area contributed by atoms with Gasteiger partial charge in [-0.25, -0.2) is 9.59 Å². The van der Waals surface area contributed by atoms with Crippen LogP contribution in [0.1, 0.15) is 40.5 Å². The van der Waals surface area contributed by atoms with Crippen LogP contribution in [0.4, 0.5) is 4.79 Å². The number of hydrogen-bond acceptors (Lipinski definition) is 4. The lowest BCUT2D eigenvalue weighted by molar-refractivity contribution is -0.143.